The van der Waals surface area contributed by atoms with Crippen LogP contribution in [0.5, 0.6) is 0 Å². The molecule has 0 saturated heterocycles. The number of nitrogens with zero attached hydrogens (tertiary/aromatic N) is 1. The largest absolute Gasteiger partial charge is 0.399 e. The van der Waals surface area contributed by atoms with Crippen molar-refractivity contribution >= 4 is 27.1 Å². The number of halogens is 1. The van der Waals surface area contributed by atoms with E-state index in [1.54, 1.807) is 0 Å². The lowest BCUT2D eigenvalue weighted by molar-refractivity contribution is -0.385. The highest BCUT2D eigenvalue weighted by Gasteiger charge is 2.17. The van der Waals surface area contributed by atoms with Gasteiger partial charge in [0, 0.05) is 11.8 Å². The van der Waals surface area contributed by atoms with Gasteiger partial charge in [0.1, 0.15) is 5.82 Å². The number of nitrogen functional groups attached to an aromatic ring is 1. The SMILES string of the molecule is Nc1ccc(S(=O)(=O)Nc2cc(F)cc([N+](=O)[O-])c2)cc1. The molecule has 0 aromatic heterocycles. The predicted octanol–water partition coefficient (Wildman–Crippen LogP) is 2.12. The van der Waals surface area contributed by atoms with Crippen molar-refractivity contribution < 1.29 is 17.7 Å². The van der Waals surface area contributed by atoms with Crippen LogP contribution in [0.1, 0.15) is 0 Å². The van der Waals surface area contributed by atoms with Gasteiger partial charge < -0.3 is 5.73 Å². The van der Waals surface area contributed by atoms with Gasteiger partial charge in [-0.05, 0) is 30.3 Å². The van der Waals surface area contributed by atoms with Crippen LogP contribution in [-0.4, -0.2) is 13.3 Å². The first kappa shape index (κ1) is 14.7. The third kappa shape index (κ3) is 3.45. The van der Waals surface area contributed by atoms with E-state index in [9.17, 15) is 22.9 Å². The number of nitrogens with one attached hydrogen (secondary N) is 1. The number of nitro benzene ring substituents is 1. The number of non-ortho nitro benzene ring substituents is 1. The van der Waals surface area contributed by atoms with E-state index in [2.05, 4.69) is 4.72 Å². The average molecular weight is 311 g/mol. The van der Waals surface area contributed by atoms with E-state index >= 15 is 0 Å². The smallest absolute Gasteiger partial charge is 0.274 e. The van der Waals surface area contributed by atoms with Crippen molar-refractivity contribution in [1.29, 1.82) is 0 Å². The summed E-state index contributed by atoms with van der Waals surface area (Å²) in [5, 5.41) is 10.6. The summed E-state index contributed by atoms with van der Waals surface area (Å²) in [6.45, 7) is 0. The summed E-state index contributed by atoms with van der Waals surface area (Å²) in [6, 6.07) is 7.79. The first-order valence-corrected chi connectivity index (χ1v) is 7.09. The maximum atomic E-state index is 13.3. The quantitative estimate of drug-likeness (QED) is 0.510. The Bertz CT molecular complexity index is 791. The van der Waals surface area contributed by atoms with E-state index in [1.165, 1.54) is 24.3 Å². The highest BCUT2D eigenvalue weighted by atomic mass is 32.2. The molecule has 9 heteroatoms. The molecule has 2 rings (SSSR count). The molecule has 110 valence electrons. The molecule has 0 aliphatic heterocycles. The van der Waals surface area contributed by atoms with Crippen molar-refractivity contribution in [2.24, 2.45) is 0 Å². The van der Waals surface area contributed by atoms with Crippen LogP contribution in [0.15, 0.2) is 47.4 Å². The van der Waals surface area contributed by atoms with Gasteiger partial charge in [-0.1, -0.05) is 0 Å². The molecule has 0 unspecified atom stereocenters. The van der Waals surface area contributed by atoms with Crippen LogP contribution in [0, 0.1) is 15.9 Å². The number of anilines is 2. The van der Waals surface area contributed by atoms with E-state index in [0.717, 1.165) is 12.1 Å². The maximum absolute atomic E-state index is 13.3. The zero-order chi connectivity index (χ0) is 15.6. The van der Waals surface area contributed by atoms with Crippen LogP contribution < -0.4 is 10.5 Å². The number of rotatable bonds is 4. The topological polar surface area (TPSA) is 115 Å². The second-order valence-corrected chi connectivity index (χ2v) is 5.81. The van der Waals surface area contributed by atoms with E-state index < -0.39 is 26.5 Å². The van der Waals surface area contributed by atoms with Crippen molar-refractivity contribution in [3.8, 4) is 0 Å². The Kier molecular flexibility index (Phi) is 3.76. The Morgan fingerprint density at radius 2 is 1.76 bits per heavy atom. The lowest BCUT2D eigenvalue weighted by Crippen LogP contribution is -2.13. The number of hydrogen-bond acceptors (Lipinski definition) is 5. The number of sulfonamides is 1. The van der Waals surface area contributed by atoms with Crippen LogP contribution in [0.4, 0.5) is 21.5 Å². The third-order valence-corrected chi connectivity index (χ3v) is 3.93. The Labute approximate surface area is 119 Å². The highest BCUT2D eigenvalue weighted by Crippen LogP contribution is 2.23. The lowest BCUT2D eigenvalue weighted by Gasteiger charge is -2.08. The molecule has 0 amide bonds. The zero-order valence-electron chi connectivity index (χ0n) is 10.5. The zero-order valence-corrected chi connectivity index (χ0v) is 11.3. The molecule has 0 radical (unpaired) electrons. The van der Waals surface area contributed by atoms with Gasteiger partial charge >= 0.3 is 0 Å². The fourth-order valence-electron chi connectivity index (χ4n) is 1.60. The van der Waals surface area contributed by atoms with Gasteiger partial charge in [-0.2, -0.15) is 0 Å². The van der Waals surface area contributed by atoms with Crippen molar-refractivity contribution in [2.45, 2.75) is 4.90 Å². The van der Waals surface area contributed by atoms with E-state index in [1.807, 2.05) is 0 Å². The van der Waals surface area contributed by atoms with Gasteiger partial charge in [-0.3, -0.25) is 14.8 Å². The Balaban J connectivity index is 2.36. The van der Waals surface area contributed by atoms with Crippen LogP contribution in [0.2, 0.25) is 0 Å². The Morgan fingerprint density at radius 3 is 2.33 bits per heavy atom. The molecule has 0 spiro atoms. The van der Waals surface area contributed by atoms with E-state index in [0.29, 0.717) is 11.8 Å². The second kappa shape index (κ2) is 5.37. The molecular weight excluding hydrogens is 301 g/mol. The fraction of sp³-hybridized carbons (Fsp3) is 0. The molecule has 0 fully saturated rings. The monoisotopic (exact) mass is 311 g/mol. The number of nitrogens with two attached hydrogens (primary N) is 1. The standard InChI is InChI=1S/C12H10FN3O4S/c13-8-5-10(7-11(6-8)16(17)18)15-21(19,20)12-3-1-9(14)2-4-12/h1-7,15H,14H2. The highest BCUT2D eigenvalue weighted by molar-refractivity contribution is 7.92. The molecule has 0 bridgehead atoms. The Hall–Kier alpha value is -2.68. The van der Waals surface area contributed by atoms with Gasteiger partial charge in [0.15, 0.2) is 0 Å². The summed E-state index contributed by atoms with van der Waals surface area (Å²) in [5.74, 6) is -0.917. The molecule has 7 nitrogen and oxygen atoms in total. The number of nitro groups is 1. The first-order chi connectivity index (χ1) is 9.78. The molecule has 0 saturated carbocycles. The molecular formula is C12H10FN3O4S. The first-order valence-electron chi connectivity index (χ1n) is 5.61. The molecule has 2 aromatic carbocycles. The molecule has 0 aliphatic rings. The summed E-state index contributed by atoms with van der Waals surface area (Å²) in [7, 11) is -3.98. The number of hydrogen-bond donors (Lipinski definition) is 2. The summed E-state index contributed by atoms with van der Waals surface area (Å²) in [6.07, 6.45) is 0. The fourth-order valence-corrected chi connectivity index (χ4v) is 2.64. The van der Waals surface area contributed by atoms with Crippen molar-refractivity contribution in [3.05, 3.63) is 58.4 Å². The van der Waals surface area contributed by atoms with E-state index in [4.69, 9.17) is 5.73 Å². The molecule has 0 heterocycles. The molecule has 0 atom stereocenters. The van der Waals surface area contributed by atoms with Gasteiger partial charge in [0.05, 0.1) is 21.6 Å². The van der Waals surface area contributed by atoms with E-state index in [-0.39, 0.29) is 10.6 Å². The lowest BCUT2D eigenvalue weighted by atomic mass is 10.3. The second-order valence-electron chi connectivity index (χ2n) is 4.13. The average Bonchev–Trinajstić information content (AvgIpc) is 2.37. The minimum Gasteiger partial charge on any atom is -0.399 e. The van der Waals surface area contributed by atoms with Gasteiger partial charge in [0.2, 0.25) is 0 Å². The molecule has 3 N–H and O–H groups in total. The van der Waals surface area contributed by atoms with Crippen molar-refractivity contribution in [2.75, 3.05) is 10.5 Å². The van der Waals surface area contributed by atoms with Crippen molar-refractivity contribution in [1.82, 2.24) is 0 Å². The summed E-state index contributed by atoms with van der Waals surface area (Å²) >= 11 is 0. The van der Waals surface area contributed by atoms with Gasteiger partial charge in [-0.15, -0.1) is 0 Å². The van der Waals surface area contributed by atoms with Crippen LogP contribution in [0.25, 0.3) is 0 Å². The normalized spacial score (nSPS) is 11.1. The minimum atomic E-state index is -3.98. The minimum absolute atomic E-state index is 0.0939. The summed E-state index contributed by atoms with van der Waals surface area (Å²) < 4.78 is 39.5. The summed E-state index contributed by atoms with van der Waals surface area (Å²) in [5.41, 5.74) is 5.05. The summed E-state index contributed by atoms with van der Waals surface area (Å²) in [4.78, 5) is 9.72. The van der Waals surface area contributed by atoms with Crippen LogP contribution in [-0.2, 0) is 10.0 Å². The number of benzene rings is 2. The Morgan fingerprint density at radius 1 is 1.14 bits per heavy atom. The maximum Gasteiger partial charge on any atom is 0.274 e. The van der Waals surface area contributed by atoms with Crippen LogP contribution >= 0.6 is 0 Å². The van der Waals surface area contributed by atoms with Crippen LogP contribution in [0.3, 0.4) is 0 Å². The third-order valence-electron chi connectivity index (χ3n) is 2.54. The molecule has 2 aromatic rings. The van der Waals surface area contributed by atoms with Gasteiger partial charge in [0.25, 0.3) is 15.7 Å². The molecule has 21 heavy (non-hydrogen) atoms. The predicted molar refractivity (Wildman–Crippen MR) is 74.7 cm³/mol. The molecule has 0 aliphatic carbocycles. The van der Waals surface area contributed by atoms with Gasteiger partial charge in [-0.25, -0.2) is 12.8 Å². The van der Waals surface area contributed by atoms with Crippen molar-refractivity contribution in [3.63, 3.8) is 0 Å².